The molecule has 0 N–H and O–H groups in total. The molecule has 2 aromatic heterocycles. The van der Waals surface area contributed by atoms with E-state index < -0.39 is 0 Å². The van der Waals surface area contributed by atoms with E-state index in [1.165, 1.54) is 0 Å². The van der Waals surface area contributed by atoms with Crippen molar-refractivity contribution in [1.29, 1.82) is 0 Å². The van der Waals surface area contributed by atoms with E-state index in [-0.39, 0.29) is 0 Å². The average Bonchev–Trinajstić information content (AvgIpc) is 3.10. The lowest BCUT2D eigenvalue weighted by Crippen LogP contribution is -2.00. The molecule has 0 fully saturated rings. The van der Waals surface area contributed by atoms with E-state index in [1.54, 1.807) is 33.7 Å². The number of nitrogens with zero attached hydrogens (tertiary/aromatic N) is 3. The summed E-state index contributed by atoms with van der Waals surface area (Å²) >= 11 is 0. The Bertz CT molecular complexity index is 797. The lowest BCUT2D eigenvalue weighted by Gasteiger charge is -2.14. The molecule has 6 nitrogen and oxygen atoms in total. The van der Waals surface area contributed by atoms with Crippen molar-refractivity contribution >= 4 is 0 Å². The second-order valence-corrected chi connectivity index (χ2v) is 4.72. The Kier molecular flexibility index (Phi) is 4.14. The summed E-state index contributed by atoms with van der Waals surface area (Å²) < 4.78 is 17.9. The molecule has 6 heteroatoms. The van der Waals surface area contributed by atoms with E-state index in [0.717, 1.165) is 17.1 Å². The van der Waals surface area contributed by atoms with E-state index >= 15 is 0 Å². The van der Waals surface area contributed by atoms with Gasteiger partial charge in [0.2, 0.25) is 5.88 Å². The SMILES string of the molecule is COc1ccc(-n2ccnc2-c2cccc(OC)c2OC)cn1. The molecule has 0 amide bonds. The molecule has 1 aromatic carbocycles. The van der Waals surface area contributed by atoms with Gasteiger partial charge in [-0.05, 0) is 18.2 Å². The fourth-order valence-electron chi connectivity index (χ4n) is 2.41. The molecule has 0 saturated carbocycles. The van der Waals surface area contributed by atoms with Crippen molar-refractivity contribution in [2.24, 2.45) is 0 Å². The second kappa shape index (κ2) is 6.39. The Morgan fingerprint density at radius 1 is 0.913 bits per heavy atom. The summed E-state index contributed by atoms with van der Waals surface area (Å²) in [5.41, 5.74) is 1.72. The Hall–Kier alpha value is -3.02. The van der Waals surface area contributed by atoms with Crippen LogP contribution in [0.15, 0.2) is 48.9 Å². The number of hydrogen-bond donors (Lipinski definition) is 0. The molecule has 0 radical (unpaired) electrons. The van der Waals surface area contributed by atoms with Crippen molar-refractivity contribution in [3.63, 3.8) is 0 Å². The monoisotopic (exact) mass is 311 g/mol. The van der Waals surface area contributed by atoms with Gasteiger partial charge in [0.1, 0.15) is 5.82 Å². The minimum atomic E-state index is 0.564. The molecule has 0 aliphatic rings. The van der Waals surface area contributed by atoms with Crippen LogP contribution in [0, 0.1) is 0 Å². The summed E-state index contributed by atoms with van der Waals surface area (Å²) in [7, 11) is 4.82. The van der Waals surface area contributed by atoms with Crippen LogP contribution < -0.4 is 14.2 Å². The molecule has 0 saturated heterocycles. The van der Waals surface area contributed by atoms with Gasteiger partial charge in [0, 0.05) is 18.5 Å². The third-order valence-electron chi connectivity index (χ3n) is 3.49. The first kappa shape index (κ1) is 14.9. The van der Waals surface area contributed by atoms with E-state index in [1.807, 2.05) is 41.1 Å². The molecular formula is C17H17N3O3. The highest BCUT2D eigenvalue weighted by molar-refractivity contribution is 5.70. The van der Waals surface area contributed by atoms with Crippen molar-refractivity contribution in [1.82, 2.24) is 14.5 Å². The van der Waals surface area contributed by atoms with Gasteiger partial charge in [0.25, 0.3) is 0 Å². The summed E-state index contributed by atoms with van der Waals surface area (Å²) in [6.45, 7) is 0. The van der Waals surface area contributed by atoms with Gasteiger partial charge in [-0.3, -0.25) is 4.57 Å². The lowest BCUT2D eigenvalue weighted by atomic mass is 10.1. The summed E-state index contributed by atoms with van der Waals surface area (Å²) in [6, 6.07) is 9.43. The highest BCUT2D eigenvalue weighted by Crippen LogP contribution is 2.37. The van der Waals surface area contributed by atoms with Crippen molar-refractivity contribution < 1.29 is 14.2 Å². The minimum absolute atomic E-state index is 0.564. The van der Waals surface area contributed by atoms with Crippen LogP contribution in [0.25, 0.3) is 17.1 Å². The number of rotatable bonds is 5. The second-order valence-electron chi connectivity index (χ2n) is 4.72. The first-order valence-electron chi connectivity index (χ1n) is 7.03. The molecule has 0 aliphatic carbocycles. The quantitative estimate of drug-likeness (QED) is 0.725. The predicted octanol–water partition coefficient (Wildman–Crippen LogP) is 2.96. The Morgan fingerprint density at radius 2 is 1.78 bits per heavy atom. The number of imidazole rings is 1. The Morgan fingerprint density at radius 3 is 2.43 bits per heavy atom. The van der Waals surface area contributed by atoms with E-state index in [9.17, 15) is 0 Å². The van der Waals surface area contributed by atoms with Crippen LogP contribution in [-0.2, 0) is 0 Å². The molecule has 0 atom stereocenters. The zero-order valence-electron chi connectivity index (χ0n) is 13.2. The third-order valence-corrected chi connectivity index (χ3v) is 3.49. The first-order valence-corrected chi connectivity index (χ1v) is 7.03. The maximum atomic E-state index is 5.50. The fourth-order valence-corrected chi connectivity index (χ4v) is 2.41. The van der Waals surface area contributed by atoms with Crippen LogP contribution in [0.2, 0.25) is 0 Å². The van der Waals surface area contributed by atoms with Gasteiger partial charge in [-0.1, -0.05) is 6.07 Å². The highest BCUT2D eigenvalue weighted by atomic mass is 16.5. The normalized spacial score (nSPS) is 10.4. The van der Waals surface area contributed by atoms with Gasteiger partial charge in [-0.2, -0.15) is 0 Å². The number of para-hydroxylation sites is 1. The van der Waals surface area contributed by atoms with E-state index in [0.29, 0.717) is 17.4 Å². The lowest BCUT2D eigenvalue weighted by molar-refractivity contribution is 0.356. The van der Waals surface area contributed by atoms with Gasteiger partial charge in [-0.25, -0.2) is 9.97 Å². The molecular weight excluding hydrogens is 294 g/mol. The molecule has 0 spiro atoms. The summed E-state index contributed by atoms with van der Waals surface area (Å²) in [5, 5.41) is 0. The number of ether oxygens (including phenoxy) is 3. The highest BCUT2D eigenvalue weighted by Gasteiger charge is 2.16. The Balaban J connectivity index is 2.11. The molecule has 118 valence electrons. The predicted molar refractivity (Wildman–Crippen MR) is 86.5 cm³/mol. The van der Waals surface area contributed by atoms with Gasteiger partial charge >= 0.3 is 0 Å². The van der Waals surface area contributed by atoms with Crippen LogP contribution in [-0.4, -0.2) is 35.9 Å². The first-order chi connectivity index (χ1) is 11.3. The third kappa shape index (κ3) is 2.70. The van der Waals surface area contributed by atoms with Crippen molar-refractivity contribution in [3.05, 3.63) is 48.9 Å². The molecule has 0 aliphatic heterocycles. The zero-order chi connectivity index (χ0) is 16.2. The maximum absolute atomic E-state index is 5.50. The number of aromatic nitrogens is 3. The van der Waals surface area contributed by atoms with E-state index in [2.05, 4.69) is 9.97 Å². The number of benzene rings is 1. The fraction of sp³-hybridized carbons (Fsp3) is 0.176. The van der Waals surface area contributed by atoms with Crippen LogP contribution in [0.1, 0.15) is 0 Å². The molecule has 2 heterocycles. The van der Waals surface area contributed by atoms with Crippen LogP contribution in [0.4, 0.5) is 0 Å². The van der Waals surface area contributed by atoms with Gasteiger partial charge in [0.15, 0.2) is 11.5 Å². The van der Waals surface area contributed by atoms with Crippen LogP contribution in [0.5, 0.6) is 17.4 Å². The molecule has 0 bridgehead atoms. The summed E-state index contributed by atoms with van der Waals surface area (Å²) in [6.07, 6.45) is 5.34. The molecule has 3 aromatic rings. The van der Waals surface area contributed by atoms with Gasteiger partial charge in [-0.15, -0.1) is 0 Å². The van der Waals surface area contributed by atoms with Crippen LogP contribution >= 0.6 is 0 Å². The summed E-state index contributed by atoms with van der Waals surface area (Å²) in [4.78, 5) is 8.70. The standard InChI is InChI=1S/C17H17N3O3/c1-21-14-6-4-5-13(16(14)23-3)17-18-9-10-20(17)12-7-8-15(22-2)19-11-12/h4-11H,1-3H3. The van der Waals surface area contributed by atoms with Crippen molar-refractivity contribution in [3.8, 4) is 34.5 Å². The van der Waals surface area contributed by atoms with Gasteiger partial charge < -0.3 is 14.2 Å². The maximum Gasteiger partial charge on any atom is 0.213 e. The Labute approximate surface area is 134 Å². The minimum Gasteiger partial charge on any atom is -0.493 e. The molecule has 23 heavy (non-hydrogen) atoms. The van der Waals surface area contributed by atoms with Crippen molar-refractivity contribution in [2.75, 3.05) is 21.3 Å². The number of methoxy groups -OCH3 is 3. The van der Waals surface area contributed by atoms with Gasteiger partial charge in [0.05, 0.1) is 38.8 Å². The number of pyridine rings is 1. The topological polar surface area (TPSA) is 58.4 Å². The molecule has 0 unspecified atom stereocenters. The largest absolute Gasteiger partial charge is 0.493 e. The van der Waals surface area contributed by atoms with Crippen molar-refractivity contribution in [2.45, 2.75) is 0 Å². The molecule has 3 rings (SSSR count). The van der Waals surface area contributed by atoms with Crippen LogP contribution in [0.3, 0.4) is 0 Å². The zero-order valence-corrected chi connectivity index (χ0v) is 13.2. The van der Waals surface area contributed by atoms with E-state index in [4.69, 9.17) is 14.2 Å². The smallest absolute Gasteiger partial charge is 0.213 e. The number of hydrogen-bond acceptors (Lipinski definition) is 5. The average molecular weight is 311 g/mol. The summed E-state index contributed by atoms with van der Waals surface area (Å²) in [5.74, 6) is 2.61.